The van der Waals surface area contributed by atoms with E-state index in [2.05, 4.69) is 146 Å². The molecule has 0 fully saturated rings. The van der Waals surface area contributed by atoms with Crippen molar-refractivity contribution in [1.29, 1.82) is 0 Å². The van der Waals surface area contributed by atoms with Crippen molar-refractivity contribution >= 4 is 81.5 Å². The van der Waals surface area contributed by atoms with E-state index in [1.807, 2.05) is 23.5 Å². The van der Waals surface area contributed by atoms with Gasteiger partial charge in [0.25, 0.3) is 0 Å². The lowest BCUT2D eigenvalue weighted by atomic mass is 9.91. The molecule has 0 aliphatic carbocycles. The van der Waals surface area contributed by atoms with Crippen molar-refractivity contribution < 1.29 is 4.42 Å². The Morgan fingerprint density at radius 1 is 0.520 bits per heavy atom. The Kier molecular flexibility index (Phi) is 6.64. The molecule has 7 aromatic carbocycles. The molecule has 1 aliphatic rings. The molecule has 3 heterocycles. The molecule has 0 N–H and O–H groups in total. The van der Waals surface area contributed by atoms with Gasteiger partial charge in [-0.05, 0) is 64.7 Å². The van der Waals surface area contributed by atoms with Crippen molar-refractivity contribution in [3.05, 3.63) is 174 Å². The van der Waals surface area contributed by atoms with Crippen molar-refractivity contribution in [2.45, 2.75) is 13.3 Å². The number of rotatable bonds is 4. The van der Waals surface area contributed by atoms with E-state index in [9.17, 15) is 0 Å². The molecule has 0 saturated heterocycles. The van der Waals surface area contributed by atoms with E-state index >= 15 is 0 Å². The number of thiophene rings is 1. The number of amidine groups is 1. The van der Waals surface area contributed by atoms with E-state index in [4.69, 9.17) is 14.4 Å². The summed E-state index contributed by atoms with van der Waals surface area (Å²) < 4.78 is 8.87. The summed E-state index contributed by atoms with van der Waals surface area (Å²) in [6.45, 7) is 2.21. The van der Waals surface area contributed by atoms with Crippen LogP contribution in [0.4, 0.5) is 0 Å². The first-order chi connectivity index (χ1) is 24.7. The molecule has 0 spiro atoms. The van der Waals surface area contributed by atoms with Gasteiger partial charge in [0, 0.05) is 54.1 Å². The van der Waals surface area contributed by atoms with Gasteiger partial charge < -0.3 is 4.42 Å². The zero-order chi connectivity index (χ0) is 33.2. The first-order valence-corrected chi connectivity index (χ1v) is 17.8. The number of hydrogen-bond acceptors (Lipinski definition) is 4. The van der Waals surface area contributed by atoms with Gasteiger partial charge >= 0.3 is 0 Å². The molecule has 9 aromatic rings. The molecule has 2 aromatic heterocycles. The van der Waals surface area contributed by atoms with Gasteiger partial charge in [-0.15, -0.1) is 11.3 Å². The maximum absolute atomic E-state index is 6.30. The summed E-state index contributed by atoms with van der Waals surface area (Å²) in [5.41, 5.74) is 10.4. The Hall–Kier alpha value is -6.10. The Labute approximate surface area is 293 Å². The lowest BCUT2D eigenvalue weighted by molar-refractivity contribution is 0.669. The van der Waals surface area contributed by atoms with Crippen molar-refractivity contribution in [1.82, 2.24) is 0 Å². The van der Waals surface area contributed by atoms with Gasteiger partial charge in [-0.2, -0.15) is 0 Å². The Morgan fingerprint density at radius 3 is 2.14 bits per heavy atom. The minimum absolute atomic E-state index is 0.666. The Morgan fingerprint density at radius 2 is 1.22 bits per heavy atom. The average molecular weight is 659 g/mol. The molecule has 0 saturated carbocycles. The van der Waals surface area contributed by atoms with Gasteiger partial charge in [-0.3, -0.25) is 0 Å². The number of fused-ring (bicyclic) bond motifs is 7. The summed E-state index contributed by atoms with van der Waals surface area (Å²) in [6.07, 6.45) is 0.666. The lowest BCUT2D eigenvalue weighted by Crippen LogP contribution is -2.07. The zero-order valence-electron chi connectivity index (χ0n) is 27.4. The third kappa shape index (κ3) is 4.72. The molecule has 3 nitrogen and oxygen atoms in total. The second-order valence-corrected chi connectivity index (χ2v) is 14.1. The molecule has 10 rings (SSSR count). The second kappa shape index (κ2) is 11.5. The van der Waals surface area contributed by atoms with Crippen molar-refractivity contribution in [2.75, 3.05) is 0 Å². The van der Waals surface area contributed by atoms with Gasteiger partial charge in [-0.25, -0.2) is 9.98 Å². The average Bonchev–Trinajstić information content (AvgIpc) is 3.68. The molecule has 236 valence electrons. The fourth-order valence-corrected chi connectivity index (χ4v) is 8.64. The first kappa shape index (κ1) is 28.9. The fourth-order valence-electron chi connectivity index (χ4n) is 7.49. The first-order valence-electron chi connectivity index (χ1n) is 16.9. The summed E-state index contributed by atoms with van der Waals surface area (Å²) >= 11 is 1.84. The summed E-state index contributed by atoms with van der Waals surface area (Å²) in [7, 11) is 0. The number of nitrogens with zero attached hydrogens (tertiary/aromatic N) is 2. The van der Waals surface area contributed by atoms with Gasteiger partial charge in [0.15, 0.2) is 5.84 Å². The minimum atomic E-state index is 0.666. The monoisotopic (exact) mass is 658 g/mol. The van der Waals surface area contributed by atoms with Gasteiger partial charge in [0.05, 0.1) is 11.4 Å². The maximum Gasteiger partial charge on any atom is 0.160 e. The number of benzene rings is 7. The number of para-hydroxylation sites is 1. The number of hydrogen-bond donors (Lipinski definition) is 0. The van der Waals surface area contributed by atoms with Crippen LogP contribution in [-0.2, 0) is 0 Å². The molecule has 0 radical (unpaired) electrons. The highest BCUT2D eigenvalue weighted by atomic mass is 32.1. The van der Waals surface area contributed by atoms with Crippen molar-refractivity contribution in [3.8, 4) is 11.1 Å². The van der Waals surface area contributed by atoms with E-state index in [1.165, 1.54) is 36.5 Å². The van der Waals surface area contributed by atoms with E-state index < -0.39 is 0 Å². The Bertz CT molecular complexity index is 2920. The number of allylic oxidation sites excluding steroid dienone is 1. The highest BCUT2D eigenvalue weighted by Gasteiger charge is 2.22. The van der Waals surface area contributed by atoms with E-state index in [1.54, 1.807) is 0 Å². The number of aliphatic imine (C=N–C) groups is 2. The number of furan rings is 1. The topological polar surface area (TPSA) is 37.9 Å². The van der Waals surface area contributed by atoms with Crippen LogP contribution in [0.5, 0.6) is 0 Å². The molecular weight excluding hydrogens is 629 g/mol. The molecule has 0 atom stereocenters. The Balaban J connectivity index is 1.18. The predicted octanol–water partition coefficient (Wildman–Crippen LogP) is 12.8. The maximum atomic E-state index is 6.30. The van der Waals surface area contributed by atoms with E-state index in [-0.39, 0.29) is 0 Å². The molecule has 0 amide bonds. The van der Waals surface area contributed by atoms with Crippen LogP contribution in [-0.4, -0.2) is 11.5 Å². The van der Waals surface area contributed by atoms with Gasteiger partial charge in [0.2, 0.25) is 0 Å². The van der Waals surface area contributed by atoms with Crippen LogP contribution < -0.4 is 0 Å². The third-order valence-corrected chi connectivity index (χ3v) is 11.0. The normalized spacial score (nSPS) is 13.8. The summed E-state index contributed by atoms with van der Waals surface area (Å²) in [5, 5.41) is 7.19. The highest BCUT2D eigenvalue weighted by Crippen LogP contribution is 2.40. The van der Waals surface area contributed by atoms with Crippen LogP contribution in [0.3, 0.4) is 0 Å². The summed E-state index contributed by atoms with van der Waals surface area (Å²) in [4.78, 5) is 10.9. The van der Waals surface area contributed by atoms with Crippen LogP contribution in [0.25, 0.3) is 69.7 Å². The smallest absolute Gasteiger partial charge is 0.160 e. The van der Waals surface area contributed by atoms with Crippen LogP contribution >= 0.6 is 11.3 Å². The third-order valence-electron chi connectivity index (χ3n) is 9.89. The van der Waals surface area contributed by atoms with Gasteiger partial charge in [-0.1, -0.05) is 121 Å². The second-order valence-electron chi connectivity index (χ2n) is 13.0. The molecular formula is C46H30N2OS. The van der Waals surface area contributed by atoms with Crippen molar-refractivity contribution in [2.24, 2.45) is 9.98 Å². The largest absolute Gasteiger partial charge is 0.456 e. The molecule has 1 aliphatic heterocycles. The minimum Gasteiger partial charge on any atom is -0.456 e. The SMILES string of the molecule is CC1=C(c2ccc3c(c2)sc2ccccc23)N=C(c2ccc3ccccc3c2)N=C(c2ccccc2-c2cccc3oc4ccccc4c23)C1. The predicted molar refractivity (Wildman–Crippen MR) is 213 cm³/mol. The lowest BCUT2D eigenvalue weighted by Gasteiger charge is -2.14. The molecule has 0 bridgehead atoms. The summed E-state index contributed by atoms with van der Waals surface area (Å²) in [6, 6.07) is 53.7. The molecule has 0 unspecified atom stereocenters. The standard InChI is InChI=1S/C46H30N2OS/c1-28-25-39(34-14-5-4-13-33(34)37-17-10-19-41-44(37)38-16-6-8-18-40(38)49-41)47-46(32-22-21-29-11-2-3-12-30(29)26-32)48-45(28)31-23-24-36-35-15-7-9-20-42(35)50-43(36)27-31/h2-24,26-27H,25H2,1H3. The van der Waals surface area contributed by atoms with Crippen LogP contribution in [0, 0.1) is 0 Å². The van der Waals surface area contributed by atoms with Crippen LogP contribution in [0.2, 0.25) is 0 Å². The summed E-state index contributed by atoms with van der Waals surface area (Å²) in [5.74, 6) is 0.718. The van der Waals surface area contributed by atoms with E-state index in [0.29, 0.717) is 6.42 Å². The van der Waals surface area contributed by atoms with Gasteiger partial charge in [0.1, 0.15) is 11.2 Å². The molecule has 4 heteroatoms. The quantitative estimate of drug-likeness (QED) is 0.185. The fraction of sp³-hybridized carbons (Fsp3) is 0.0435. The molecule has 50 heavy (non-hydrogen) atoms. The zero-order valence-corrected chi connectivity index (χ0v) is 28.2. The van der Waals surface area contributed by atoms with Crippen LogP contribution in [0.1, 0.15) is 30.0 Å². The van der Waals surface area contributed by atoms with E-state index in [0.717, 1.165) is 67.0 Å². The highest BCUT2D eigenvalue weighted by molar-refractivity contribution is 7.25. The van der Waals surface area contributed by atoms with Crippen LogP contribution in [0.15, 0.2) is 172 Å². The van der Waals surface area contributed by atoms with Crippen molar-refractivity contribution in [3.63, 3.8) is 0 Å².